The lowest BCUT2D eigenvalue weighted by molar-refractivity contribution is -0.117. The van der Waals surface area contributed by atoms with Crippen LogP contribution in [0.1, 0.15) is 23.3 Å². The number of halogens is 2. The van der Waals surface area contributed by atoms with E-state index in [0.717, 1.165) is 12.3 Å². The molecule has 118 valence electrons. The monoisotopic (exact) mass is 335 g/mol. The van der Waals surface area contributed by atoms with Crippen LogP contribution in [-0.4, -0.2) is 16.7 Å². The number of hydrogen-bond acceptors (Lipinski definition) is 5. The summed E-state index contributed by atoms with van der Waals surface area (Å²) in [6, 6.07) is 5.13. The Kier molecular flexibility index (Phi) is 5.09. The van der Waals surface area contributed by atoms with E-state index in [1.807, 2.05) is 0 Å². The average molecular weight is 336 g/mol. The van der Waals surface area contributed by atoms with Crippen molar-refractivity contribution in [3.05, 3.63) is 46.9 Å². The first kappa shape index (κ1) is 16.6. The molecule has 2 aromatic rings. The molecule has 0 bridgehead atoms. The van der Waals surface area contributed by atoms with Crippen LogP contribution < -0.4 is 5.32 Å². The van der Waals surface area contributed by atoms with E-state index in [1.165, 1.54) is 12.1 Å². The summed E-state index contributed by atoms with van der Waals surface area (Å²) in [5, 5.41) is 11.2. The highest BCUT2D eigenvalue weighted by Crippen LogP contribution is 2.20. The zero-order valence-electron chi connectivity index (χ0n) is 12.0. The first-order valence-electron chi connectivity index (χ1n) is 6.60. The third-order valence-electron chi connectivity index (χ3n) is 2.95. The number of ketones is 1. The van der Waals surface area contributed by atoms with E-state index in [1.54, 1.807) is 13.0 Å². The molecular weight excluding hydrogens is 325 g/mol. The molecule has 2 rings (SSSR count). The molecule has 23 heavy (non-hydrogen) atoms. The van der Waals surface area contributed by atoms with Crippen LogP contribution in [0.2, 0.25) is 5.02 Å². The van der Waals surface area contributed by atoms with Crippen molar-refractivity contribution in [1.29, 1.82) is 5.26 Å². The van der Waals surface area contributed by atoms with E-state index in [0.29, 0.717) is 12.3 Å². The summed E-state index contributed by atoms with van der Waals surface area (Å²) >= 11 is 5.61. The van der Waals surface area contributed by atoms with Crippen LogP contribution in [0, 0.1) is 23.1 Å². The maximum atomic E-state index is 13.1. The third kappa shape index (κ3) is 3.73. The van der Waals surface area contributed by atoms with Crippen molar-refractivity contribution in [2.45, 2.75) is 13.3 Å². The number of aromatic nitrogens is 1. The van der Waals surface area contributed by atoms with Gasteiger partial charge in [-0.3, -0.25) is 9.59 Å². The maximum absolute atomic E-state index is 13.1. The van der Waals surface area contributed by atoms with Gasteiger partial charge in [-0.05, 0) is 18.2 Å². The molecule has 0 fully saturated rings. The molecule has 1 N–H and O–H groups in total. The Balaban J connectivity index is 2.16. The van der Waals surface area contributed by atoms with Gasteiger partial charge in [0.15, 0.2) is 11.8 Å². The number of hydrogen-bond donors (Lipinski definition) is 1. The number of nitrogens with zero attached hydrogens (tertiary/aromatic N) is 2. The fraction of sp³-hybridized carbons (Fsp3) is 0.200. The van der Waals surface area contributed by atoms with Gasteiger partial charge in [0.2, 0.25) is 11.7 Å². The van der Waals surface area contributed by atoms with Gasteiger partial charge in [-0.25, -0.2) is 9.37 Å². The van der Waals surface area contributed by atoms with Crippen LogP contribution >= 0.6 is 11.6 Å². The number of nitriles is 1. The van der Waals surface area contributed by atoms with Crippen LogP contribution in [0.4, 0.5) is 10.1 Å². The van der Waals surface area contributed by atoms with E-state index >= 15 is 0 Å². The molecule has 0 radical (unpaired) electrons. The molecule has 1 heterocycles. The highest BCUT2D eigenvalue weighted by atomic mass is 35.5. The normalized spacial score (nSPS) is 11.6. The second kappa shape index (κ2) is 7.03. The van der Waals surface area contributed by atoms with Crippen LogP contribution in [-0.2, 0) is 11.2 Å². The number of anilines is 1. The highest BCUT2D eigenvalue weighted by Gasteiger charge is 2.30. The number of nitrogens with one attached hydrogen (secondary N) is 1. The Bertz CT molecular complexity index is 798. The first-order valence-corrected chi connectivity index (χ1v) is 6.98. The standard InChI is InChI=1S/C15H11ClFN3O3/c1-2-13-20-12(7-23-13)14(21)9(6-18)15(22)19-8-3-4-11(17)10(16)5-8/h3-5,7,9H,2H2,1H3,(H,19,22). The molecule has 0 saturated heterocycles. The fourth-order valence-electron chi connectivity index (χ4n) is 1.76. The van der Waals surface area contributed by atoms with E-state index in [-0.39, 0.29) is 16.4 Å². The lowest BCUT2D eigenvalue weighted by Gasteiger charge is -2.08. The molecule has 0 aliphatic heterocycles. The second-order valence-electron chi connectivity index (χ2n) is 4.52. The van der Waals surface area contributed by atoms with Gasteiger partial charge in [0.05, 0.1) is 11.1 Å². The topological polar surface area (TPSA) is 96.0 Å². The Morgan fingerprint density at radius 1 is 1.52 bits per heavy atom. The van der Waals surface area contributed by atoms with Gasteiger partial charge in [0.1, 0.15) is 17.8 Å². The Morgan fingerprint density at radius 3 is 2.83 bits per heavy atom. The van der Waals surface area contributed by atoms with E-state index < -0.39 is 23.4 Å². The number of aryl methyl sites for hydroxylation is 1. The molecule has 1 aromatic heterocycles. The predicted octanol–water partition coefficient (Wildman–Crippen LogP) is 2.99. The molecule has 0 saturated carbocycles. The summed E-state index contributed by atoms with van der Waals surface area (Å²) in [5.41, 5.74) is 0.0736. The minimum Gasteiger partial charge on any atom is -0.448 e. The lowest BCUT2D eigenvalue weighted by Crippen LogP contribution is -2.29. The van der Waals surface area contributed by atoms with Crippen molar-refractivity contribution < 1.29 is 18.4 Å². The summed E-state index contributed by atoms with van der Waals surface area (Å²) in [4.78, 5) is 28.1. The molecule has 8 heteroatoms. The van der Waals surface area contributed by atoms with Gasteiger partial charge >= 0.3 is 0 Å². The average Bonchev–Trinajstić information content (AvgIpc) is 3.00. The zero-order chi connectivity index (χ0) is 17.0. The van der Waals surface area contributed by atoms with Gasteiger partial charge in [-0.15, -0.1) is 0 Å². The van der Waals surface area contributed by atoms with Crippen LogP contribution in [0.5, 0.6) is 0 Å². The lowest BCUT2D eigenvalue weighted by atomic mass is 10.0. The maximum Gasteiger partial charge on any atom is 0.249 e. The van der Waals surface area contributed by atoms with Crippen LogP contribution in [0.25, 0.3) is 0 Å². The van der Waals surface area contributed by atoms with Crippen molar-refractivity contribution in [2.75, 3.05) is 5.32 Å². The van der Waals surface area contributed by atoms with E-state index in [2.05, 4.69) is 10.3 Å². The molecule has 6 nitrogen and oxygen atoms in total. The minimum atomic E-state index is -1.60. The van der Waals surface area contributed by atoms with Crippen molar-refractivity contribution >= 4 is 29.0 Å². The van der Waals surface area contributed by atoms with Crippen molar-refractivity contribution in [3.8, 4) is 6.07 Å². The zero-order valence-corrected chi connectivity index (χ0v) is 12.7. The number of oxazole rings is 1. The van der Waals surface area contributed by atoms with Crippen molar-refractivity contribution in [1.82, 2.24) is 4.98 Å². The number of carbonyl (C=O) groups is 2. The number of rotatable bonds is 5. The Labute approximate surface area is 135 Å². The van der Waals surface area contributed by atoms with E-state index in [9.17, 15) is 14.0 Å². The summed E-state index contributed by atoms with van der Waals surface area (Å²) in [7, 11) is 0. The van der Waals surface area contributed by atoms with E-state index in [4.69, 9.17) is 21.3 Å². The summed E-state index contributed by atoms with van der Waals surface area (Å²) in [5.74, 6) is -3.56. The molecule has 1 aromatic carbocycles. The molecule has 1 amide bonds. The molecular formula is C15H11ClFN3O3. The van der Waals surface area contributed by atoms with Crippen molar-refractivity contribution in [2.24, 2.45) is 5.92 Å². The predicted molar refractivity (Wildman–Crippen MR) is 79.4 cm³/mol. The van der Waals surface area contributed by atoms with Gasteiger partial charge < -0.3 is 9.73 Å². The summed E-state index contributed by atoms with van der Waals surface area (Å²) in [6.07, 6.45) is 1.58. The van der Waals surface area contributed by atoms with Crippen LogP contribution in [0.3, 0.4) is 0 Å². The van der Waals surface area contributed by atoms with Gasteiger partial charge in [-0.1, -0.05) is 18.5 Å². The fourth-order valence-corrected chi connectivity index (χ4v) is 1.94. The SMILES string of the molecule is CCc1nc(C(=O)C(C#N)C(=O)Nc2ccc(F)c(Cl)c2)co1. The minimum absolute atomic E-state index is 0.0966. The molecule has 1 unspecified atom stereocenters. The quantitative estimate of drug-likeness (QED) is 0.669. The smallest absolute Gasteiger partial charge is 0.249 e. The number of carbonyl (C=O) groups excluding carboxylic acids is 2. The summed E-state index contributed by atoms with van der Waals surface area (Å²) in [6.45, 7) is 1.78. The second-order valence-corrected chi connectivity index (χ2v) is 4.93. The highest BCUT2D eigenvalue weighted by molar-refractivity contribution is 6.31. The van der Waals surface area contributed by atoms with Gasteiger partial charge in [0.25, 0.3) is 0 Å². The number of Topliss-reactive ketones (excluding diaryl/α,β-unsaturated/α-hetero) is 1. The third-order valence-corrected chi connectivity index (χ3v) is 3.24. The first-order chi connectivity index (χ1) is 11.0. The Hall–Kier alpha value is -2.72. The number of amides is 1. The molecule has 0 aliphatic carbocycles. The molecule has 0 spiro atoms. The Morgan fingerprint density at radius 2 is 2.26 bits per heavy atom. The van der Waals surface area contributed by atoms with Crippen LogP contribution in [0.15, 0.2) is 28.9 Å². The number of benzene rings is 1. The molecule has 1 atom stereocenters. The largest absolute Gasteiger partial charge is 0.448 e. The molecule has 0 aliphatic rings. The van der Waals surface area contributed by atoms with Gasteiger partial charge in [0, 0.05) is 12.1 Å². The van der Waals surface area contributed by atoms with Crippen molar-refractivity contribution in [3.63, 3.8) is 0 Å². The van der Waals surface area contributed by atoms with Gasteiger partial charge in [-0.2, -0.15) is 5.26 Å². The summed E-state index contributed by atoms with van der Waals surface area (Å²) < 4.78 is 18.1.